The molecule has 4 atom stereocenters. The average molecular weight is 455 g/mol. The van der Waals surface area contributed by atoms with Crippen molar-refractivity contribution in [1.29, 1.82) is 0 Å². The van der Waals surface area contributed by atoms with Crippen LogP contribution >= 0.6 is 0 Å². The van der Waals surface area contributed by atoms with Gasteiger partial charge in [-0.15, -0.1) is 5.10 Å². The third kappa shape index (κ3) is 3.76. The average Bonchev–Trinajstić information content (AvgIpc) is 2.77. The predicted molar refractivity (Wildman–Crippen MR) is 123 cm³/mol. The number of aromatic hydroxyl groups is 1. The zero-order valence-electron chi connectivity index (χ0n) is 18.5. The highest BCUT2D eigenvalue weighted by Crippen LogP contribution is 2.55. The van der Waals surface area contributed by atoms with Crippen LogP contribution in [0.4, 0.5) is 0 Å². The highest BCUT2D eigenvalue weighted by atomic mass is 32.2. The summed E-state index contributed by atoms with van der Waals surface area (Å²) in [5.74, 6) is 2.27. The Balaban J connectivity index is 1.32. The molecule has 1 aliphatic heterocycles. The Morgan fingerprint density at radius 2 is 1.88 bits per heavy atom. The number of nitrogens with zero attached hydrogens (tertiary/aromatic N) is 1. The Kier molecular flexibility index (Phi) is 5.19. The van der Waals surface area contributed by atoms with E-state index in [1.54, 1.807) is 30.3 Å². The maximum atomic E-state index is 12.6. The van der Waals surface area contributed by atoms with Crippen molar-refractivity contribution in [2.75, 3.05) is 0 Å². The van der Waals surface area contributed by atoms with Crippen LogP contribution in [0, 0.1) is 18.8 Å². The lowest BCUT2D eigenvalue weighted by Gasteiger charge is -2.53. The van der Waals surface area contributed by atoms with Crippen molar-refractivity contribution in [3.05, 3.63) is 59.2 Å². The first-order chi connectivity index (χ1) is 15.2. The number of aryl methyl sites for hydroxylation is 2. The van der Waals surface area contributed by atoms with E-state index in [1.807, 2.05) is 13.0 Å². The molecule has 32 heavy (non-hydrogen) atoms. The lowest BCUT2D eigenvalue weighted by molar-refractivity contribution is -0.0800. The molecule has 0 bridgehead atoms. The van der Waals surface area contributed by atoms with Crippen LogP contribution in [0.1, 0.15) is 61.6 Å². The number of sulfonamides is 1. The van der Waals surface area contributed by atoms with Crippen molar-refractivity contribution >= 4 is 15.9 Å². The van der Waals surface area contributed by atoms with Gasteiger partial charge in [-0.05, 0) is 93.2 Å². The summed E-state index contributed by atoms with van der Waals surface area (Å²) in [6.45, 7) is 4.07. The summed E-state index contributed by atoms with van der Waals surface area (Å²) < 4.78 is 31.5. The van der Waals surface area contributed by atoms with E-state index in [0.29, 0.717) is 35.8 Å². The number of phenols is 1. The van der Waals surface area contributed by atoms with Gasteiger partial charge >= 0.3 is 0 Å². The topological polar surface area (TPSA) is 88.0 Å². The van der Waals surface area contributed by atoms with Crippen LogP contribution in [0.15, 0.2) is 52.5 Å². The number of phenolic OH excluding ortho intramolecular Hbond substituents is 1. The van der Waals surface area contributed by atoms with E-state index in [2.05, 4.69) is 22.9 Å². The van der Waals surface area contributed by atoms with Gasteiger partial charge in [0, 0.05) is 12.3 Å². The van der Waals surface area contributed by atoms with Gasteiger partial charge < -0.3 is 9.84 Å². The number of nitrogens with one attached hydrogen (secondary N) is 1. The van der Waals surface area contributed by atoms with E-state index in [1.165, 1.54) is 11.1 Å². The van der Waals surface area contributed by atoms with Crippen molar-refractivity contribution in [1.82, 2.24) is 4.83 Å². The maximum absolute atomic E-state index is 12.6. The fourth-order valence-electron chi connectivity index (χ4n) is 6.06. The molecule has 5 rings (SSSR count). The molecule has 0 spiro atoms. The van der Waals surface area contributed by atoms with Gasteiger partial charge in [0.15, 0.2) is 0 Å². The standard InChI is InChI=1S/C25H30N2O4S/c1-16-3-7-19(8-4-16)32(29,30)27-26-24-12-11-23-22-9-5-17-15-18(28)6-10-20(17)21(22)13-14-25(23,2)31-24/h3-4,6-8,10,15,21-23,27-28H,5,9,11-14H2,1-2H3/b26-24+/t21-,22-,23+,25+/m1/s1. The smallest absolute Gasteiger partial charge is 0.276 e. The molecule has 1 saturated carbocycles. The van der Waals surface area contributed by atoms with Gasteiger partial charge in [-0.25, -0.2) is 0 Å². The van der Waals surface area contributed by atoms with Gasteiger partial charge in [0.25, 0.3) is 10.0 Å². The fraction of sp³-hybridized carbons (Fsp3) is 0.480. The van der Waals surface area contributed by atoms with E-state index in [0.717, 1.165) is 37.7 Å². The lowest BCUT2D eigenvalue weighted by atomic mass is 9.57. The molecule has 2 aromatic rings. The van der Waals surface area contributed by atoms with Gasteiger partial charge in [0.1, 0.15) is 11.4 Å². The zero-order chi connectivity index (χ0) is 22.5. The third-order valence-corrected chi connectivity index (χ3v) is 8.91. The van der Waals surface area contributed by atoms with E-state index < -0.39 is 10.0 Å². The molecule has 2 N–H and O–H groups in total. The van der Waals surface area contributed by atoms with Crippen LogP contribution in [-0.2, 0) is 21.2 Å². The largest absolute Gasteiger partial charge is 0.508 e. The number of ether oxygens (including phenoxy) is 1. The Hall–Kier alpha value is -2.54. The molecule has 3 aliphatic rings. The van der Waals surface area contributed by atoms with E-state index in [9.17, 15) is 13.5 Å². The third-order valence-electron chi connectivity index (χ3n) is 7.68. The summed E-state index contributed by atoms with van der Waals surface area (Å²) >= 11 is 0. The zero-order valence-corrected chi connectivity index (χ0v) is 19.4. The molecule has 170 valence electrons. The molecule has 2 aromatic carbocycles. The quantitative estimate of drug-likeness (QED) is 0.663. The molecular formula is C25H30N2O4S. The van der Waals surface area contributed by atoms with Crippen LogP contribution in [-0.4, -0.2) is 25.0 Å². The van der Waals surface area contributed by atoms with Crippen molar-refractivity contribution in [2.45, 2.75) is 68.8 Å². The first kappa shape index (κ1) is 21.3. The summed E-state index contributed by atoms with van der Waals surface area (Å²) in [4.78, 5) is 2.56. The van der Waals surface area contributed by atoms with Gasteiger partial charge in [-0.3, -0.25) is 0 Å². The van der Waals surface area contributed by atoms with Gasteiger partial charge in [0.2, 0.25) is 5.90 Å². The molecule has 1 saturated heterocycles. The molecule has 1 heterocycles. The number of hydrogen-bond donors (Lipinski definition) is 2. The number of hydrazone groups is 1. The van der Waals surface area contributed by atoms with Crippen LogP contribution in [0.3, 0.4) is 0 Å². The molecule has 0 radical (unpaired) electrons. The van der Waals surface area contributed by atoms with Crippen molar-refractivity contribution in [3.63, 3.8) is 0 Å². The van der Waals surface area contributed by atoms with Crippen molar-refractivity contribution in [2.24, 2.45) is 16.9 Å². The molecule has 7 heteroatoms. The fourth-order valence-corrected chi connectivity index (χ4v) is 6.88. The number of fused-ring (bicyclic) bond motifs is 5. The number of benzene rings is 2. The minimum absolute atomic E-state index is 0.194. The monoisotopic (exact) mass is 454 g/mol. The molecule has 2 aliphatic carbocycles. The highest BCUT2D eigenvalue weighted by molar-refractivity contribution is 7.89. The minimum Gasteiger partial charge on any atom is -0.508 e. The predicted octanol–water partition coefficient (Wildman–Crippen LogP) is 4.62. The Bertz CT molecular complexity index is 1160. The molecule has 6 nitrogen and oxygen atoms in total. The van der Waals surface area contributed by atoms with Crippen LogP contribution < -0.4 is 4.83 Å². The second kappa shape index (κ2) is 7.80. The molecule has 2 fully saturated rings. The van der Waals surface area contributed by atoms with Gasteiger partial charge in [0.05, 0.1) is 4.90 Å². The lowest BCUT2D eigenvalue weighted by Crippen LogP contribution is -2.52. The summed E-state index contributed by atoms with van der Waals surface area (Å²) in [7, 11) is -3.72. The number of hydrogen-bond acceptors (Lipinski definition) is 5. The second-order valence-electron chi connectivity index (χ2n) is 9.70. The first-order valence-corrected chi connectivity index (χ1v) is 12.9. The molecular weight excluding hydrogens is 424 g/mol. The second-order valence-corrected chi connectivity index (χ2v) is 11.4. The normalized spacial score (nSPS) is 30.6. The Morgan fingerprint density at radius 1 is 1.09 bits per heavy atom. The minimum atomic E-state index is -3.72. The first-order valence-electron chi connectivity index (χ1n) is 11.4. The van der Waals surface area contributed by atoms with Crippen LogP contribution in [0.25, 0.3) is 0 Å². The summed E-state index contributed by atoms with van der Waals surface area (Å²) in [5, 5.41) is 14.0. The Morgan fingerprint density at radius 3 is 2.66 bits per heavy atom. The van der Waals surface area contributed by atoms with Gasteiger partial charge in [-0.2, -0.15) is 13.2 Å². The number of rotatable bonds is 3. The van der Waals surface area contributed by atoms with E-state index in [4.69, 9.17) is 4.74 Å². The molecule has 0 unspecified atom stereocenters. The summed E-state index contributed by atoms with van der Waals surface area (Å²) in [5.41, 5.74) is 3.33. The Labute approximate surface area is 189 Å². The highest BCUT2D eigenvalue weighted by Gasteiger charge is 2.51. The summed E-state index contributed by atoms with van der Waals surface area (Å²) in [6.07, 6.45) is 5.57. The van der Waals surface area contributed by atoms with Gasteiger partial charge in [-0.1, -0.05) is 23.8 Å². The van der Waals surface area contributed by atoms with Crippen molar-refractivity contribution in [3.8, 4) is 5.75 Å². The van der Waals surface area contributed by atoms with Crippen LogP contribution in [0.2, 0.25) is 0 Å². The SMILES string of the molecule is Cc1ccc(S(=O)(=O)N/N=C2\CC[C@H]3[C@@H]4CCc5cc(O)ccc5[C@H]4CC[C@]3(C)O2)cc1. The molecule has 0 aromatic heterocycles. The van der Waals surface area contributed by atoms with E-state index >= 15 is 0 Å². The summed E-state index contributed by atoms with van der Waals surface area (Å²) in [6, 6.07) is 12.5. The maximum Gasteiger partial charge on any atom is 0.276 e. The van der Waals surface area contributed by atoms with Crippen molar-refractivity contribution < 1.29 is 18.3 Å². The molecule has 0 amide bonds. The van der Waals surface area contributed by atoms with Crippen LogP contribution in [0.5, 0.6) is 5.75 Å². The van der Waals surface area contributed by atoms with E-state index in [-0.39, 0.29) is 10.5 Å².